The van der Waals surface area contributed by atoms with E-state index in [9.17, 15) is 19.2 Å². The summed E-state index contributed by atoms with van der Waals surface area (Å²) in [5.41, 5.74) is 3.10. The van der Waals surface area contributed by atoms with Crippen molar-refractivity contribution in [3.63, 3.8) is 0 Å². The summed E-state index contributed by atoms with van der Waals surface area (Å²) >= 11 is 1.68. The summed E-state index contributed by atoms with van der Waals surface area (Å²) in [6.07, 6.45) is -0.781. The smallest absolute Gasteiger partial charge is 0.410 e. The first-order valence-electron chi connectivity index (χ1n) is 26.5. The lowest BCUT2D eigenvalue weighted by atomic mass is 10.1. The van der Waals surface area contributed by atoms with Gasteiger partial charge in [0.05, 0.1) is 16.8 Å². The molecule has 0 aliphatic carbocycles. The highest BCUT2D eigenvalue weighted by Gasteiger charge is 2.30. The third-order valence-electron chi connectivity index (χ3n) is 12.0. The summed E-state index contributed by atoms with van der Waals surface area (Å²) in [4.78, 5) is 81.2. The number of likely N-dealkylation sites (N-methyl/N-ethyl adjacent to an activating group) is 1. The Morgan fingerprint density at radius 1 is 0.636 bits per heavy atom. The lowest BCUT2D eigenvalue weighted by molar-refractivity contribution is -0.120. The number of ether oxygens (including phenoxy) is 4. The van der Waals surface area contributed by atoms with E-state index >= 15 is 0 Å². The molecule has 77 heavy (non-hydrogen) atoms. The molecule has 20 nitrogen and oxygen atoms in total. The van der Waals surface area contributed by atoms with Crippen LogP contribution in [0.25, 0.3) is 20.8 Å². The number of rotatable bonds is 17. The van der Waals surface area contributed by atoms with E-state index in [1.54, 1.807) is 41.9 Å². The molecule has 3 N–H and O–H groups in total. The number of fused-ring (bicyclic) bond motifs is 1. The van der Waals surface area contributed by atoms with Crippen molar-refractivity contribution in [2.24, 2.45) is 0 Å². The molecule has 0 atom stereocenters. The lowest BCUT2D eigenvalue weighted by Crippen LogP contribution is -2.51. The van der Waals surface area contributed by atoms with E-state index in [-0.39, 0.29) is 57.0 Å². The van der Waals surface area contributed by atoms with Crippen LogP contribution < -0.4 is 25.6 Å². The standard InChI is InChI=1S/C56H80N12O8S/c1-40-17-12-13-18-42(40)39-59-49-61-48(62-50(63-49)73-38-37-64(11)43-23-21-41(22-24-43)47-60-44-19-14-15-20-45(44)77-47)58-27-25-46(69)57-26-16-28-65-29-31-66(51(70)74-54(2,3)4)33-35-68(53(72)76-56(8,9)10)36-34-67(32-30-65)52(71)75-55(5,6)7/h12-15,17-24H,16,25-39H2,1-11H3,(H,57,69)(H2,58,59,61,62,63). The molecule has 0 radical (unpaired) electrons. The molecule has 3 aromatic carbocycles. The number of aromatic nitrogens is 4. The number of para-hydroxylation sites is 1. The van der Waals surface area contributed by atoms with Crippen LogP contribution >= 0.6 is 11.3 Å². The van der Waals surface area contributed by atoms with Gasteiger partial charge in [0, 0.05) is 96.7 Å². The molecule has 0 saturated carbocycles. The van der Waals surface area contributed by atoms with Crippen molar-refractivity contribution in [1.29, 1.82) is 0 Å². The maximum absolute atomic E-state index is 13.5. The third kappa shape index (κ3) is 20.1. The van der Waals surface area contributed by atoms with Crippen molar-refractivity contribution in [3.05, 3.63) is 83.9 Å². The van der Waals surface area contributed by atoms with Crippen LogP contribution in [0.1, 0.15) is 86.3 Å². The Bertz CT molecular complexity index is 2640. The van der Waals surface area contributed by atoms with Crippen LogP contribution in [-0.4, -0.2) is 173 Å². The fraction of sp³-hybridized carbons (Fsp3) is 0.536. The van der Waals surface area contributed by atoms with Gasteiger partial charge in [0.1, 0.15) is 28.4 Å². The van der Waals surface area contributed by atoms with Crippen molar-refractivity contribution in [2.75, 3.05) is 108 Å². The first-order chi connectivity index (χ1) is 36.5. The molecular weight excluding hydrogens is 1000 g/mol. The zero-order chi connectivity index (χ0) is 55.8. The molecule has 418 valence electrons. The third-order valence-corrected chi connectivity index (χ3v) is 13.1. The summed E-state index contributed by atoms with van der Waals surface area (Å²) < 4.78 is 24.6. The molecule has 0 bridgehead atoms. The number of aryl methyl sites for hydroxylation is 1. The normalized spacial score (nSPS) is 14.2. The van der Waals surface area contributed by atoms with Crippen LogP contribution in [-0.2, 0) is 25.5 Å². The molecule has 1 aliphatic rings. The lowest BCUT2D eigenvalue weighted by Gasteiger charge is -2.35. The molecule has 6 rings (SSSR count). The van der Waals surface area contributed by atoms with E-state index in [1.807, 2.05) is 85.0 Å². The van der Waals surface area contributed by atoms with Gasteiger partial charge in [-0.2, -0.15) is 15.0 Å². The summed E-state index contributed by atoms with van der Waals surface area (Å²) in [7, 11) is 2.00. The van der Waals surface area contributed by atoms with E-state index in [0.717, 1.165) is 37.6 Å². The Labute approximate surface area is 458 Å². The van der Waals surface area contributed by atoms with Gasteiger partial charge >= 0.3 is 24.3 Å². The summed E-state index contributed by atoms with van der Waals surface area (Å²) in [6.45, 7) is 23.0. The molecule has 1 aliphatic heterocycles. The second kappa shape index (κ2) is 27.4. The number of hydrogen-bond acceptors (Lipinski definition) is 17. The minimum atomic E-state index is -0.748. The summed E-state index contributed by atoms with van der Waals surface area (Å²) in [6, 6.07) is 24.7. The maximum Gasteiger partial charge on any atom is 0.410 e. The number of benzene rings is 3. The molecule has 1 saturated heterocycles. The quantitative estimate of drug-likeness (QED) is 0.0586. The Kier molecular flexibility index (Phi) is 21.0. The SMILES string of the molecule is Cc1ccccc1CNc1nc(NCCC(=O)NCCCN2CCN(C(=O)OC(C)(C)C)CCN(C(=O)OC(C)(C)C)CCN(C(=O)OC(C)(C)C)CC2)nc(OCCN(C)c2ccc(-c3nc4ccccc4s3)cc2)n1. The molecule has 4 amide bonds. The average Bonchev–Trinajstić information content (AvgIpc) is 3.79. The Morgan fingerprint density at radius 3 is 1.73 bits per heavy atom. The molecule has 3 heterocycles. The van der Waals surface area contributed by atoms with E-state index in [0.29, 0.717) is 71.3 Å². The number of hydrogen-bond donors (Lipinski definition) is 3. The van der Waals surface area contributed by atoms with Gasteiger partial charge in [-0.15, -0.1) is 11.3 Å². The molecule has 2 aromatic heterocycles. The first kappa shape index (κ1) is 59.2. The Balaban J connectivity index is 1.03. The highest BCUT2D eigenvalue weighted by Crippen LogP contribution is 2.31. The van der Waals surface area contributed by atoms with E-state index in [2.05, 4.69) is 84.0 Å². The van der Waals surface area contributed by atoms with Crippen LogP contribution in [0.15, 0.2) is 72.8 Å². The largest absolute Gasteiger partial charge is 0.461 e. The number of amides is 4. The zero-order valence-electron chi connectivity index (χ0n) is 46.9. The molecule has 1 fully saturated rings. The number of thiazole rings is 1. The number of carbonyl (C=O) groups excluding carboxylic acids is 4. The van der Waals surface area contributed by atoms with Crippen LogP contribution in [0.4, 0.5) is 32.0 Å². The second-order valence-electron chi connectivity index (χ2n) is 22.0. The van der Waals surface area contributed by atoms with Gasteiger partial charge < -0.3 is 54.5 Å². The number of anilines is 3. The van der Waals surface area contributed by atoms with Crippen LogP contribution in [0, 0.1) is 6.92 Å². The zero-order valence-corrected chi connectivity index (χ0v) is 47.8. The number of carbonyl (C=O) groups is 4. The Morgan fingerprint density at radius 2 is 1.17 bits per heavy atom. The Hall–Kier alpha value is -7.00. The highest BCUT2D eigenvalue weighted by molar-refractivity contribution is 7.21. The van der Waals surface area contributed by atoms with Gasteiger partial charge in [0.25, 0.3) is 0 Å². The van der Waals surface area contributed by atoms with Crippen molar-refractivity contribution in [2.45, 2.75) is 105 Å². The van der Waals surface area contributed by atoms with Gasteiger partial charge in [-0.3, -0.25) is 9.69 Å². The topological polar surface area (TPSA) is 209 Å². The second-order valence-corrected chi connectivity index (χ2v) is 23.0. The van der Waals surface area contributed by atoms with E-state index in [4.69, 9.17) is 23.9 Å². The van der Waals surface area contributed by atoms with Crippen molar-refractivity contribution in [3.8, 4) is 16.6 Å². The van der Waals surface area contributed by atoms with Gasteiger partial charge in [-0.1, -0.05) is 36.4 Å². The van der Waals surface area contributed by atoms with Crippen molar-refractivity contribution in [1.82, 2.24) is 44.9 Å². The van der Waals surface area contributed by atoms with Crippen molar-refractivity contribution < 1.29 is 38.1 Å². The predicted octanol–water partition coefficient (Wildman–Crippen LogP) is 8.92. The maximum atomic E-state index is 13.5. The fourth-order valence-corrected chi connectivity index (χ4v) is 8.90. The van der Waals surface area contributed by atoms with Crippen LogP contribution in [0.5, 0.6) is 6.01 Å². The van der Waals surface area contributed by atoms with Gasteiger partial charge in [-0.05, 0) is 130 Å². The van der Waals surface area contributed by atoms with Gasteiger partial charge in [-0.25, -0.2) is 19.4 Å². The van der Waals surface area contributed by atoms with Crippen LogP contribution in [0.2, 0.25) is 0 Å². The summed E-state index contributed by atoms with van der Waals surface area (Å²) in [5.74, 6) is 0.437. The molecule has 5 aromatic rings. The minimum absolute atomic E-state index is 0.145. The van der Waals surface area contributed by atoms with Gasteiger partial charge in [0.2, 0.25) is 17.8 Å². The first-order valence-corrected chi connectivity index (χ1v) is 27.3. The average molecular weight is 1080 g/mol. The van der Waals surface area contributed by atoms with E-state index < -0.39 is 35.1 Å². The summed E-state index contributed by atoms with van der Waals surface area (Å²) in [5, 5.41) is 10.5. The fourth-order valence-electron chi connectivity index (χ4n) is 7.93. The van der Waals surface area contributed by atoms with Crippen molar-refractivity contribution >= 4 is 63.3 Å². The molecular formula is C56H80N12O8S. The number of nitrogens with zero attached hydrogens (tertiary/aromatic N) is 9. The number of nitrogens with one attached hydrogen (secondary N) is 3. The molecule has 0 unspecified atom stereocenters. The minimum Gasteiger partial charge on any atom is -0.461 e. The molecule has 0 spiro atoms. The van der Waals surface area contributed by atoms with Gasteiger partial charge in [0.15, 0.2) is 0 Å². The predicted molar refractivity (Wildman–Crippen MR) is 303 cm³/mol. The van der Waals surface area contributed by atoms with Crippen LogP contribution in [0.3, 0.4) is 0 Å². The highest BCUT2D eigenvalue weighted by atomic mass is 32.1. The molecule has 21 heteroatoms. The van der Waals surface area contributed by atoms with E-state index in [1.165, 1.54) is 4.90 Å². The monoisotopic (exact) mass is 1080 g/mol.